The van der Waals surface area contributed by atoms with Crippen molar-refractivity contribution in [3.8, 4) is 5.75 Å². The molecule has 0 N–H and O–H groups in total. The van der Waals surface area contributed by atoms with Crippen LogP contribution in [0, 0.1) is 10.1 Å². The van der Waals surface area contributed by atoms with Gasteiger partial charge in [0.2, 0.25) is 0 Å². The van der Waals surface area contributed by atoms with E-state index in [1.54, 1.807) is 26.8 Å². The quantitative estimate of drug-likeness (QED) is 0.425. The maximum atomic E-state index is 11.7. The van der Waals surface area contributed by atoms with Crippen LogP contribution in [0.1, 0.15) is 45.6 Å². The molecule has 0 bridgehead atoms. The van der Waals surface area contributed by atoms with Crippen molar-refractivity contribution in [1.82, 2.24) is 0 Å². The zero-order valence-electron chi connectivity index (χ0n) is 14.9. The number of esters is 1. The van der Waals surface area contributed by atoms with Crippen LogP contribution in [0.25, 0.3) is 0 Å². The number of aryl methyl sites for hydroxylation is 1. The van der Waals surface area contributed by atoms with Crippen molar-refractivity contribution in [2.24, 2.45) is 0 Å². The summed E-state index contributed by atoms with van der Waals surface area (Å²) in [7, 11) is 0. The summed E-state index contributed by atoms with van der Waals surface area (Å²) in [6, 6.07) is 4.53. The molecule has 0 unspecified atom stereocenters. The van der Waals surface area contributed by atoms with Crippen molar-refractivity contribution >= 4 is 11.7 Å². The Morgan fingerprint density at radius 1 is 1.40 bits per heavy atom. The van der Waals surface area contributed by atoms with E-state index < -0.39 is 16.5 Å². The Morgan fingerprint density at radius 3 is 2.76 bits per heavy atom. The predicted molar refractivity (Wildman–Crippen MR) is 91.7 cm³/mol. The second-order valence-corrected chi connectivity index (χ2v) is 7.10. The van der Waals surface area contributed by atoms with Crippen LogP contribution >= 0.6 is 0 Å². The predicted octanol–water partition coefficient (Wildman–Crippen LogP) is 3.43. The van der Waals surface area contributed by atoms with E-state index in [0.717, 1.165) is 25.9 Å². The van der Waals surface area contributed by atoms with Crippen LogP contribution in [0.15, 0.2) is 18.2 Å². The standard InChI is InChI=1S/C18H25NO6/c1-18(2,3)25-17(20)12-24-15-8-9-16(19(21)22)13(11-15)6-7-14-5-4-10-23-14/h8-9,11,14H,4-7,10,12H2,1-3H3/t14-/m0/s1. The first-order chi connectivity index (χ1) is 11.7. The van der Waals surface area contributed by atoms with Gasteiger partial charge in [0.1, 0.15) is 11.4 Å². The highest BCUT2D eigenvalue weighted by Gasteiger charge is 2.20. The molecule has 1 aromatic carbocycles. The van der Waals surface area contributed by atoms with Gasteiger partial charge in [0.05, 0.1) is 11.0 Å². The lowest BCUT2D eigenvalue weighted by Gasteiger charge is -2.19. The van der Waals surface area contributed by atoms with Crippen molar-refractivity contribution in [2.75, 3.05) is 13.2 Å². The summed E-state index contributed by atoms with van der Waals surface area (Å²) in [5.74, 6) is -0.0643. The highest BCUT2D eigenvalue weighted by molar-refractivity contribution is 5.71. The summed E-state index contributed by atoms with van der Waals surface area (Å²) in [6.45, 7) is 5.85. The Kier molecular flexibility index (Phi) is 6.36. The summed E-state index contributed by atoms with van der Waals surface area (Å²) in [6.07, 6.45) is 3.45. The Morgan fingerprint density at radius 2 is 2.16 bits per heavy atom. The molecule has 0 spiro atoms. The average molecular weight is 351 g/mol. The number of hydrogen-bond acceptors (Lipinski definition) is 6. The van der Waals surface area contributed by atoms with Crippen LogP contribution in [0.4, 0.5) is 5.69 Å². The summed E-state index contributed by atoms with van der Waals surface area (Å²) in [5, 5.41) is 11.2. The van der Waals surface area contributed by atoms with Gasteiger partial charge >= 0.3 is 5.97 Å². The largest absolute Gasteiger partial charge is 0.482 e. The Labute approximate surface area is 147 Å². The fraction of sp³-hybridized carbons (Fsp3) is 0.611. The Balaban J connectivity index is 2.00. The lowest BCUT2D eigenvalue weighted by molar-refractivity contribution is -0.385. The minimum Gasteiger partial charge on any atom is -0.482 e. The number of hydrogen-bond donors (Lipinski definition) is 0. The lowest BCUT2D eigenvalue weighted by Crippen LogP contribution is -2.27. The van der Waals surface area contributed by atoms with Crippen molar-refractivity contribution in [3.05, 3.63) is 33.9 Å². The Hall–Kier alpha value is -2.15. The molecule has 1 atom stereocenters. The number of nitrogens with zero attached hydrogens (tertiary/aromatic N) is 1. The molecule has 2 rings (SSSR count). The van der Waals surface area contributed by atoms with E-state index in [-0.39, 0.29) is 18.4 Å². The number of benzene rings is 1. The number of nitro benzene ring substituents is 1. The highest BCUT2D eigenvalue weighted by atomic mass is 16.6. The molecular formula is C18H25NO6. The molecule has 25 heavy (non-hydrogen) atoms. The fourth-order valence-electron chi connectivity index (χ4n) is 2.73. The van der Waals surface area contributed by atoms with E-state index in [1.807, 2.05) is 0 Å². The lowest BCUT2D eigenvalue weighted by atomic mass is 10.0. The summed E-state index contributed by atoms with van der Waals surface area (Å²) in [4.78, 5) is 22.5. The first-order valence-electron chi connectivity index (χ1n) is 8.48. The fourth-order valence-corrected chi connectivity index (χ4v) is 2.73. The molecule has 0 amide bonds. The van der Waals surface area contributed by atoms with Crippen molar-refractivity contribution in [2.45, 2.75) is 58.2 Å². The zero-order valence-corrected chi connectivity index (χ0v) is 14.9. The van der Waals surface area contributed by atoms with E-state index in [4.69, 9.17) is 14.2 Å². The number of ether oxygens (including phenoxy) is 3. The molecule has 138 valence electrons. The van der Waals surface area contributed by atoms with Gasteiger partial charge in [0.15, 0.2) is 6.61 Å². The monoisotopic (exact) mass is 351 g/mol. The first-order valence-corrected chi connectivity index (χ1v) is 8.48. The molecule has 7 heteroatoms. The summed E-state index contributed by atoms with van der Waals surface area (Å²) >= 11 is 0. The van der Waals surface area contributed by atoms with Gasteiger partial charge in [0, 0.05) is 18.2 Å². The van der Waals surface area contributed by atoms with Gasteiger partial charge in [-0.2, -0.15) is 0 Å². The highest BCUT2D eigenvalue weighted by Crippen LogP contribution is 2.27. The number of nitro groups is 1. The molecule has 1 aliphatic heterocycles. The maximum Gasteiger partial charge on any atom is 0.344 e. The number of carbonyl (C=O) groups excluding carboxylic acids is 1. The Bertz CT molecular complexity index is 616. The third-order valence-electron chi connectivity index (χ3n) is 3.78. The maximum absolute atomic E-state index is 11.7. The third kappa shape index (κ3) is 6.34. The van der Waals surface area contributed by atoms with E-state index in [1.165, 1.54) is 12.1 Å². The van der Waals surface area contributed by atoms with E-state index >= 15 is 0 Å². The summed E-state index contributed by atoms with van der Waals surface area (Å²) < 4.78 is 16.2. The number of carbonyl (C=O) groups is 1. The van der Waals surface area contributed by atoms with Crippen LogP contribution in [0.5, 0.6) is 5.75 Å². The molecule has 0 saturated carbocycles. The van der Waals surface area contributed by atoms with Crippen molar-refractivity contribution in [3.63, 3.8) is 0 Å². The molecule has 1 aliphatic rings. The molecule has 1 fully saturated rings. The van der Waals surface area contributed by atoms with Gasteiger partial charge in [-0.3, -0.25) is 10.1 Å². The number of rotatable bonds is 7. The van der Waals surface area contributed by atoms with Gasteiger partial charge < -0.3 is 14.2 Å². The molecule has 0 aromatic heterocycles. The SMILES string of the molecule is CC(C)(C)OC(=O)COc1ccc([N+](=O)[O-])c(CC[C@@H]2CCCO2)c1. The molecule has 1 aromatic rings. The molecule has 1 saturated heterocycles. The van der Waals surface area contributed by atoms with Gasteiger partial charge in [-0.05, 0) is 58.6 Å². The minimum atomic E-state index is -0.581. The van der Waals surface area contributed by atoms with Gasteiger partial charge in [-0.15, -0.1) is 0 Å². The van der Waals surface area contributed by atoms with Crippen LogP contribution in [-0.4, -0.2) is 35.8 Å². The topological polar surface area (TPSA) is 87.9 Å². The molecular weight excluding hydrogens is 326 g/mol. The van der Waals surface area contributed by atoms with Crippen LogP contribution < -0.4 is 4.74 Å². The second kappa shape index (κ2) is 8.29. The first kappa shape index (κ1) is 19.2. The van der Waals surface area contributed by atoms with E-state index in [9.17, 15) is 14.9 Å². The van der Waals surface area contributed by atoms with Gasteiger partial charge in [-0.25, -0.2) is 4.79 Å². The molecule has 7 nitrogen and oxygen atoms in total. The van der Waals surface area contributed by atoms with Crippen molar-refractivity contribution < 1.29 is 23.9 Å². The molecule has 0 radical (unpaired) electrons. The molecule has 0 aliphatic carbocycles. The molecule has 1 heterocycles. The average Bonchev–Trinajstić information content (AvgIpc) is 3.02. The van der Waals surface area contributed by atoms with Crippen molar-refractivity contribution in [1.29, 1.82) is 0 Å². The second-order valence-electron chi connectivity index (χ2n) is 7.10. The zero-order chi connectivity index (χ0) is 18.4. The normalized spacial score (nSPS) is 17.3. The van der Waals surface area contributed by atoms with Crippen LogP contribution in [0.2, 0.25) is 0 Å². The minimum absolute atomic E-state index is 0.0580. The van der Waals surface area contributed by atoms with Gasteiger partial charge in [0.25, 0.3) is 5.69 Å². The summed E-state index contributed by atoms with van der Waals surface area (Å²) in [5.41, 5.74) is 0.0623. The smallest absolute Gasteiger partial charge is 0.344 e. The van der Waals surface area contributed by atoms with Gasteiger partial charge in [-0.1, -0.05) is 0 Å². The third-order valence-corrected chi connectivity index (χ3v) is 3.78. The van der Waals surface area contributed by atoms with Crippen LogP contribution in [0.3, 0.4) is 0 Å². The van der Waals surface area contributed by atoms with Crippen LogP contribution in [-0.2, 0) is 20.7 Å². The van der Waals surface area contributed by atoms with E-state index in [2.05, 4.69) is 0 Å². The van der Waals surface area contributed by atoms with E-state index in [0.29, 0.717) is 17.7 Å².